The summed E-state index contributed by atoms with van der Waals surface area (Å²) in [6.07, 6.45) is 5.74. The van der Waals surface area contributed by atoms with Gasteiger partial charge in [0.2, 0.25) is 0 Å². The smallest absolute Gasteiger partial charge is 0.309 e. The molecule has 0 aliphatic carbocycles. The maximum atomic E-state index is 11.3. The Labute approximate surface area is 98.2 Å². The lowest BCUT2D eigenvalue weighted by molar-refractivity contribution is -0.150. The van der Waals surface area contributed by atoms with Crippen LogP contribution in [0.3, 0.4) is 0 Å². The van der Waals surface area contributed by atoms with E-state index in [0.717, 1.165) is 25.9 Å². The second-order valence-corrected chi connectivity index (χ2v) is 5.41. The minimum atomic E-state index is -0.686. The zero-order valence-corrected chi connectivity index (χ0v) is 10.7. The first-order valence-corrected chi connectivity index (χ1v) is 6.33. The average molecular weight is 228 g/mol. The maximum Gasteiger partial charge on any atom is 0.309 e. The fourth-order valence-corrected chi connectivity index (χ4v) is 2.11. The van der Waals surface area contributed by atoms with E-state index in [1.165, 1.54) is 12.8 Å². The molecule has 94 valence electrons. The van der Waals surface area contributed by atoms with E-state index in [9.17, 15) is 9.90 Å². The van der Waals surface area contributed by atoms with Crippen LogP contribution in [0.4, 0.5) is 0 Å². The molecule has 0 amide bonds. The number of aliphatic carboxylic acids is 1. The van der Waals surface area contributed by atoms with Gasteiger partial charge in [0, 0.05) is 0 Å². The van der Waals surface area contributed by atoms with E-state index in [4.69, 9.17) is 4.74 Å². The summed E-state index contributed by atoms with van der Waals surface area (Å²) in [6, 6.07) is 0. The summed E-state index contributed by atoms with van der Waals surface area (Å²) >= 11 is 0. The van der Waals surface area contributed by atoms with Gasteiger partial charge in [-0.1, -0.05) is 26.2 Å². The van der Waals surface area contributed by atoms with Crippen LogP contribution in [-0.4, -0.2) is 23.8 Å². The number of epoxide rings is 1. The van der Waals surface area contributed by atoms with Crippen molar-refractivity contribution in [2.45, 2.75) is 59.0 Å². The van der Waals surface area contributed by atoms with Crippen molar-refractivity contribution in [3.05, 3.63) is 0 Å². The molecule has 1 heterocycles. The van der Waals surface area contributed by atoms with E-state index in [0.29, 0.717) is 6.10 Å². The SMILES string of the molecule is CCCCCC(CC1CO1)C(C)(C)C(=O)O. The van der Waals surface area contributed by atoms with Crippen LogP contribution in [0.1, 0.15) is 52.9 Å². The van der Waals surface area contributed by atoms with Gasteiger partial charge in [-0.3, -0.25) is 4.79 Å². The molecule has 1 fully saturated rings. The monoisotopic (exact) mass is 228 g/mol. The zero-order chi connectivity index (χ0) is 12.2. The summed E-state index contributed by atoms with van der Waals surface area (Å²) in [6.45, 7) is 6.67. The Morgan fingerprint density at radius 1 is 1.50 bits per heavy atom. The maximum absolute atomic E-state index is 11.3. The van der Waals surface area contributed by atoms with Crippen LogP contribution in [0.2, 0.25) is 0 Å². The van der Waals surface area contributed by atoms with Gasteiger partial charge < -0.3 is 9.84 Å². The van der Waals surface area contributed by atoms with Crippen LogP contribution in [0, 0.1) is 11.3 Å². The number of hydrogen-bond acceptors (Lipinski definition) is 2. The third-order valence-electron chi connectivity index (χ3n) is 3.68. The molecule has 1 rings (SSSR count). The van der Waals surface area contributed by atoms with Gasteiger partial charge in [0.25, 0.3) is 0 Å². The van der Waals surface area contributed by atoms with Crippen molar-refractivity contribution in [3.8, 4) is 0 Å². The molecule has 0 aromatic heterocycles. The summed E-state index contributed by atoms with van der Waals surface area (Å²) in [7, 11) is 0. The van der Waals surface area contributed by atoms with Crippen LogP contribution in [-0.2, 0) is 9.53 Å². The fraction of sp³-hybridized carbons (Fsp3) is 0.923. The highest BCUT2D eigenvalue weighted by Crippen LogP contribution is 2.37. The van der Waals surface area contributed by atoms with Crippen molar-refractivity contribution in [2.24, 2.45) is 11.3 Å². The highest BCUT2D eigenvalue weighted by Gasteiger charge is 2.39. The van der Waals surface area contributed by atoms with E-state index in [-0.39, 0.29) is 5.92 Å². The Morgan fingerprint density at radius 3 is 2.56 bits per heavy atom. The van der Waals surface area contributed by atoms with Crippen LogP contribution in [0.5, 0.6) is 0 Å². The first kappa shape index (κ1) is 13.5. The van der Waals surface area contributed by atoms with Crippen molar-refractivity contribution in [1.82, 2.24) is 0 Å². The highest BCUT2D eigenvalue weighted by molar-refractivity contribution is 5.74. The predicted molar refractivity (Wildman–Crippen MR) is 63.4 cm³/mol. The van der Waals surface area contributed by atoms with Crippen molar-refractivity contribution in [2.75, 3.05) is 6.61 Å². The summed E-state index contributed by atoms with van der Waals surface area (Å²) in [5.74, 6) is -0.446. The second kappa shape index (κ2) is 5.67. The first-order chi connectivity index (χ1) is 7.48. The number of hydrogen-bond donors (Lipinski definition) is 1. The Bertz CT molecular complexity index is 231. The van der Waals surface area contributed by atoms with Gasteiger partial charge in [-0.05, 0) is 32.6 Å². The minimum Gasteiger partial charge on any atom is -0.481 e. The van der Waals surface area contributed by atoms with E-state index < -0.39 is 11.4 Å². The van der Waals surface area contributed by atoms with Crippen molar-refractivity contribution >= 4 is 5.97 Å². The molecule has 0 spiro atoms. The topological polar surface area (TPSA) is 49.8 Å². The van der Waals surface area contributed by atoms with Crippen LogP contribution < -0.4 is 0 Å². The molecule has 3 nitrogen and oxygen atoms in total. The van der Waals surface area contributed by atoms with E-state index in [2.05, 4.69) is 6.92 Å². The van der Waals surface area contributed by atoms with E-state index >= 15 is 0 Å². The summed E-state index contributed by atoms with van der Waals surface area (Å²) in [4.78, 5) is 11.3. The molecule has 1 saturated heterocycles. The quantitative estimate of drug-likeness (QED) is 0.513. The molecule has 0 saturated carbocycles. The highest BCUT2D eigenvalue weighted by atomic mass is 16.6. The summed E-state index contributed by atoms with van der Waals surface area (Å²) < 4.78 is 5.23. The second-order valence-electron chi connectivity index (χ2n) is 5.41. The van der Waals surface area contributed by atoms with E-state index in [1.54, 1.807) is 0 Å². The normalized spacial score (nSPS) is 21.8. The minimum absolute atomic E-state index is 0.240. The molecular formula is C13H24O3. The first-order valence-electron chi connectivity index (χ1n) is 6.33. The summed E-state index contributed by atoms with van der Waals surface area (Å²) in [5, 5.41) is 9.26. The van der Waals surface area contributed by atoms with Crippen LogP contribution in [0.25, 0.3) is 0 Å². The molecule has 0 aromatic rings. The van der Waals surface area contributed by atoms with Crippen LogP contribution in [0.15, 0.2) is 0 Å². The average Bonchev–Trinajstić information content (AvgIpc) is 3.00. The molecule has 1 aliphatic heterocycles. The van der Waals surface area contributed by atoms with Gasteiger partial charge >= 0.3 is 5.97 Å². The molecule has 16 heavy (non-hydrogen) atoms. The molecule has 1 N–H and O–H groups in total. The number of ether oxygens (including phenoxy) is 1. The van der Waals surface area contributed by atoms with Gasteiger partial charge in [0.1, 0.15) is 0 Å². The molecule has 1 aliphatic rings. The van der Waals surface area contributed by atoms with Gasteiger partial charge in [0.15, 0.2) is 0 Å². The molecule has 3 heteroatoms. The largest absolute Gasteiger partial charge is 0.481 e. The molecule has 0 aromatic carbocycles. The summed E-state index contributed by atoms with van der Waals surface area (Å²) in [5.41, 5.74) is -0.625. The van der Waals surface area contributed by atoms with Crippen molar-refractivity contribution < 1.29 is 14.6 Å². The third-order valence-corrected chi connectivity index (χ3v) is 3.68. The molecule has 2 unspecified atom stereocenters. The lowest BCUT2D eigenvalue weighted by Crippen LogP contribution is -2.33. The molecular weight excluding hydrogens is 204 g/mol. The molecule has 0 radical (unpaired) electrons. The van der Waals surface area contributed by atoms with E-state index in [1.807, 2.05) is 13.8 Å². The Hall–Kier alpha value is -0.570. The lowest BCUT2D eigenvalue weighted by atomic mass is 9.74. The van der Waals surface area contributed by atoms with Crippen molar-refractivity contribution in [3.63, 3.8) is 0 Å². The zero-order valence-electron chi connectivity index (χ0n) is 10.7. The number of carbonyl (C=O) groups is 1. The van der Waals surface area contributed by atoms with Gasteiger partial charge in [-0.25, -0.2) is 0 Å². The number of unbranched alkanes of at least 4 members (excludes halogenated alkanes) is 2. The molecule has 0 bridgehead atoms. The lowest BCUT2D eigenvalue weighted by Gasteiger charge is -2.30. The standard InChI is InChI=1S/C13H24O3/c1-4-5-6-7-10(8-11-9-16-11)13(2,3)12(14)15/h10-11H,4-9H2,1-3H3,(H,14,15). The van der Waals surface area contributed by atoms with Gasteiger partial charge in [0.05, 0.1) is 18.1 Å². The van der Waals surface area contributed by atoms with Gasteiger partial charge in [-0.2, -0.15) is 0 Å². The predicted octanol–water partition coefficient (Wildman–Crippen LogP) is 3.08. The Kier molecular flexibility index (Phi) is 4.78. The number of carboxylic acid groups (broad SMARTS) is 1. The fourth-order valence-electron chi connectivity index (χ4n) is 2.11. The molecule has 2 atom stereocenters. The number of rotatable bonds is 8. The number of carboxylic acids is 1. The van der Waals surface area contributed by atoms with Crippen LogP contribution >= 0.6 is 0 Å². The Morgan fingerprint density at radius 2 is 2.12 bits per heavy atom. The van der Waals surface area contributed by atoms with Gasteiger partial charge in [-0.15, -0.1) is 0 Å². The third kappa shape index (κ3) is 3.78. The van der Waals surface area contributed by atoms with Crippen molar-refractivity contribution in [1.29, 1.82) is 0 Å². The Balaban J connectivity index is 2.50.